The highest BCUT2D eigenvalue weighted by molar-refractivity contribution is 5.93. The standard InChI is InChI=1S/C20H28N6/c1-13-7-6-10-18(14(13)2)26-11-21-19(22-12-26)25-20-23-15(3)16-8-4-5-9-17(16)24-20/h4-5,8-9,13-14,18H,6-7,10-12H2,1-3H3,(H2,21,22,23,24,25)/t13-,14+,18-/m1/s1. The van der Waals surface area contributed by atoms with Crippen LogP contribution in [-0.4, -0.2) is 40.2 Å². The smallest absolute Gasteiger partial charge is 0.230 e. The van der Waals surface area contributed by atoms with E-state index in [1.807, 2.05) is 25.1 Å². The number of benzene rings is 1. The van der Waals surface area contributed by atoms with Crippen molar-refractivity contribution in [3.8, 4) is 0 Å². The number of nitrogens with one attached hydrogen (secondary N) is 2. The van der Waals surface area contributed by atoms with Crippen LogP contribution in [-0.2, 0) is 0 Å². The molecule has 1 aromatic carbocycles. The van der Waals surface area contributed by atoms with Gasteiger partial charge in [-0.05, 0) is 31.2 Å². The number of rotatable bonds is 2. The summed E-state index contributed by atoms with van der Waals surface area (Å²) in [4.78, 5) is 16.3. The molecule has 0 spiro atoms. The molecule has 2 aliphatic rings. The lowest BCUT2D eigenvalue weighted by Crippen LogP contribution is -2.53. The molecule has 0 radical (unpaired) electrons. The SMILES string of the molecule is Cc1nc(NC2=NCN([C@@H]3CCC[C@@H](C)[C@@H]3C)CN2)nc2ccccc12. The van der Waals surface area contributed by atoms with Crippen molar-refractivity contribution >= 4 is 22.8 Å². The maximum absolute atomic E-state index is 4.69. The first-order valence-electron chi connectivity index (χ1n) is 9.64. The van der Waals surface area contributed by atoms with E-state index in [-0.39, 0.29) is 0 Å². The molecule has 1 aliphatic heterocycles. The highest BCUT2D eigenvalue weighted by Crippen LogP contribution is 2.32. The Morgan fingerprint density at radius 2 is 2.00 bits per heavy atom. The van der Waals surface area contributed by atoms with Crippen LogP contribution in [0.4, 0.5) is 5.95 Å². The Hall–Kier alpha value is -2.21. The number of nitrogens with zero attached hydrogens (tertiary/aromatic N) is 4. The third-order valence-corrected chi connectivity index (χ3v) is 6.02. The van der Waals surface area contributed by atoms with Crippen molar-refractivity contribution in [3.63, 3.8) is 0 Å². The molecule has 138 valence electrons. The number of aliphatic imine (C=N–C) groups is 1. The zero-order valence-electron chi connectivity index (χ0n) is 15.9. The van der Waals surface area contributed by atoms with Crippen LogP contribution in [0.2, 0.25) is 0 Å². The molecule has 0 unspecified atom stereocenters. The lowest BCUT2D eigenvalue weighted by atomic mass is 9.77. The van der Waals surface area contributed by atoms with Gasteiger partial charge in [0, 0.05) is 11.4 Å². The van der Waals surface area contributed by atoms with Crippen LogP contribution in [0.1, 0.15) is 38.8 Å². The molecular weight excluding hydrogens is 324 g/mol. The van der Waals surface area contributed by atoms with E-state index in [9.17, 15) is 0 Å². The van der Waals surface area contributed by atoms with Gasteiger partial charge in [-0.1, -0.05) is 44.9 Å². The van der Waals surface area contributed by atoms with E-state index in [1.165, 1.54) is 19.3 Å². The summed E-state index contributed by atoms with van der Waals surface area (Å²) in [7, 11) is 0. The van der Waals surface area contributed by atoms with Crippen molar-refractivity contribution in [1.82, 2.24) is 20.2 Å². The number of guanidine groups is 1. The minimum Gasteiger partial charge on any atom is -0.343 e. The Labute approximate surface area is 155 Å². The largest absolute Gasteiger partial charge is 0.343 e. The Morgan fingerprint density at radius 1 is 1.15 bits per heavy atom. The van der Waals surface area contributed by atoms with Gasteiger partial charge in [-0.2, -0.15) is 0 Å². The highest BCUT2D eigenvalue weighted by atomic mass is 15.4. The first kappa shape index (κ1) is 17.2. The lowest BCUT2D eigenvalue weighted by Gasteiger charge is -2.42. The minimum atomic E-state index is 0.598. The summed E-state index contributed by atoms with van der Waals surface area (Å²) < 4.78 is 0. The first-order chi connectivity index (χ1) is 12.6. The van der Waals surface area contributed by atoms with Gasteiger partial charge in [0.25, 0.3) is 0 Å². The Kier molecular flexibility index (Phi) is 4.76. The maximum atomic E-state index is 4.69. The Balaban J connectivity index is 1.45. The van der Waals surface area contributed by atoms with E-state index in [2.05, 4.69) is 45.4 Å². The fourth-order valence-corrected chi connectivity index (χ4v) is 4.22. The van der Waals surface area contributed by atoms with Crippen LogP contribution in [0.5, 0.6) is 0 Å². The van der Waals surface area contributed by atoms with Crippen LogP contribution in [0.3, 0.4) is 0 Å². The van der Waals surface area contributed by atoms with Crippen LogP contribution in [0, 0.1) is 18.8 Å². The van der Waals surface area contributed by atoms with Gasteiger partial charge >= 0.3 is 0 Å². The predicted octanol–water partition coefficient (Wildman–Crippen LogP) is 3.35. The molecule has 1 aromatic heterocycles. The number of anilines is 1. The molecule has 1 aliphatic carbocycles. The maximum Gasteiger partial charge on any atom is 0.230 e. The zero-order valence-corrected chi connectivity index (χ0v) is 15.9. The van der Waals surface area contributed by atoms with Crippen LogP contribution in [0.15, 0.2) is 29.3 Å². The summed E-state index contributed by atoms with van der Waals surface area (Å²) in [6.07, 6.45) is 3.96. The molecule has 1 fully saturated rings. The molecule has 0 bridgehead atoms. The zero-order chi connectivity index (χ0) is 18.1. The van der Waals surface area contributed by atoms with Gasteiger partial charge in [0.1, 0.15) is 0 Å². The van der Waals surface area contributed by atoms with Gasteiger partial charge in [0.05, 0.1) is 24.5 Å². The summed E-state index contributed by atoms with van der Waals surface area (Å²) in [6.45, 7) is 8.32. The van der Waals surface area contributed by atoms with Crippen molar-refractivity contribution in [2.75, 3.05) is 18.7 Å². The van der Waals surface area contributed by atoms with Crippen LogP contribution in [0.25, 0.3) is 10.9 Å². The van der Waals surface area contributed by atoms with Gasteiger partial charge in [-0.25, -0.2) is 15.0 Å². The third-order valence-electron chi connectivity index (χ3n) is 6.02. The molecule has 2 heterocycles. The molecule has 6 heteroatoms. The third kappa shape index (κ3) is 3.38. The number of aryl methyl sites for hydroxylation is 1. The lowest BCUT2D eigenvalue weighted by molar-refractivity contribution is 0.0771. The molecule has 3 atom stereocenters. The fourth-order valence-electron chi connectivity index (χ4n) is 4.22. The topological polar surface area (TPSA) is 65.4 Å². The first-order valence-corrected chi connectivity index (χ1v) is 9.64. The van der Waals surface area contributed by atoms with E-state index < -0.39 is 0 Å². The van der Waals surface area contributed by atoms with Crippen molar-refractivity contribution in [3.05, 3.63) is 30.0 Å². The van der Waals surface area contributed by atoms with E-state index in [0.717, 1.165) is 47.7 Å². The van der Waals surface area contributed by atoms with Gasteiger partial charge < -0.3 is 5.32 Å². The summed E-state index contributed by atoms with van der Waals surface area (Å²) in [5.41, 5.74) is 1.92. The molecular formula is C20H28N6. The number of para-hydroxylation sites is 1. The number of aromatic nitrogens is 2. The number of hydrogen-bond donors (Lipinski definition) is 2. The molecule has 26 heavy (non-hydrogen) atoms. The van der Waals surface area contributed by atoms with Gasteiger partial charge in [-0.15, -0.1) is 0 Å². The van der Waals surface area contributed by atoms with E-state index in [1.54, 1.807) is 0 Å². The second-order valence-corrected chi connectivity index (χ2v) is 7.68. The average Bonchev–Trinajstić information content (AvgIpc) is 2.65. The van der Waals surface area contributed by atoms with Gasteiger partial charge in [-0.3, -0.25) is 10.2 Å². The minimum absolute atomic E-state index is 0.598. The summed E-state index contributed by atoms with van der Waals surface area (Å²) in [5, 5.41) is 7.74. The van der Waals surface area contributed by atoms with Gasteiger partial charge in [0.2, 0.25) is 11.9 Å². The van der Waals surface area contributed by atoms with E-state index in [0.29, 0.717) is 12.0 Å². The fraction of sp³-hybridized carbons (Fsp3) is 0.550. The molecule has 2 aromatic rings. The molecule has 0 amide bonds. The second kappa shape index (κ2) is 7.19. The second-order valence-electron chi connectivity index (χ2n) is 7.68. The molecule has 1 saturated carbocycles. The van der Waals surface area contributed by atoms with Crippen LogP contribution < -0.4 is 10.6 Å². The summed E-state index contributed by atoms with van der Waals surface area (Å²) in [5.74, 6) is 2.88. The van der Waals surface area contributed by atoms with Crippen molar-refractivity contribution < 1.29 is 0 Å². The normalized spacial score (nSPS) is 27.0. The molecule has 0 saturated heterocycles. The molecule has 2 N–H and O–H groups in total. The van der Waals surface area contributed by atoms with Gasteiger partial charge in [0.15, 0.2) is 0 Å². The monoisotopic (exact) mass is 352 g/mol. The Morgan fingerprint density at radius 3 is 2.81 bits per heavy atom. The quantitative estimate of drug-likeness (QED) is 0.868. The summed E-state index contributed by atoms with van der Waals surface area (Å²) >= 11 is 0. The predicted molar refractivity (Wildman–Crippen MR) is 106 cm³/mol. The average molecular weight is 352 g/mol. The van der Waals surface area contributed by atoms with Crippen LogP contribution >= 0.6 is 0 Å². The Bertz CT molecular complexity index is 817. The van der Waals surface area contributed by atoms with Crippen molar-refractivity contribution in [2.45, 2.75) is 46.1 Å². The molecule has 6 nitrogen and oxygen atoms in total. The van der Waals surface area contributed by atoms with Crippen molar-refractivity contribution in [1.29, 1.82) is 0 Å². The summed E-state index contributed by atoms with van der Waals surface area (Å²) in [6, 6.07) is 8.70. The van der Waals surface area contributed by atoms with Crippen molar-refractivity contribution in [2.24, 2.45) is 16.8 Å². The number of hydrogen-bond acceptors (Lipinski definition) is 6. The van der Waals surface area contributed by atoms with E-state index >= 15 is 0 Å². The highest BCUT2D eigenvalue weighted by Gasteiger charge is 2.32. The van der Waals surface area contributed by atoms with E-state index in [4.69, 9.17) is 4.99 Å². The molecule has 4 rings (SSSR count). The number of fused-ring (bicyclic) bond motifs is 1.